The molecule has 17 heavy (non-hydrogen) atoms. The van der Waals surface area contributed by atoms with Gasteiger partial charge in [-0.3, -0.25) is 0 Å². The molecular formula is C11H12N4O2. The number of carboxylic acid groups (broad SMARTS) is 1. The number of hydrogen-bond donors (Lipinski definition) is 1. The molecule has 0 atom stereocenters. The van der Waals surface area contributed by atoms with Gasteiger partial charge in [-0.05, 0) is 12.1 Å². The molecule has 0 radical (unpaired) electrons. The normalized spacial score (nSPS) is 14.9. The zero-order valence-corrected chi connectivity index (χ0v) is 9.37. The molecule has 6 heteroatoms. The Morgan fingerprint density at radius 2 is 2.35 bits per heavy atom. The van der Waals surface area contributed by atoms with E-state index < -0.39 is 6.09 Å². The van der Waals surface area contributed by atoms with Crippen LogP contribution in [-0.4, -0.2) is 47.3 Å². The molecular weight excluding hydrogens is 220 g/mol. The lowest BCUT2D eigenvalue weighted by atomic mass is 10.1. The lowest BCUT2D eigenvalue weighted by Gasteiger charge is -2.42. The lowest BCUT2D eigenvalue weighted by molar-refractivity contribution is 0.105. The smallest absolute Gasteiger partial charge is 0.407 e. The maximum absolute atomic E-state index is 10.6. The molecule has 1 amide bonds. The summed E-state index contributed by atoms with van der Waals surface area (Å²) in [5.41, 5.74) is 0.517. The van der Waals surface area contributed by atoms with E-state index in [9.17, 15) is 4.79 Å². The molecule has 1 aliphatic rings. The van der Waals surface area contributed by atoms with Crippen LogP contribution < -0.4 is 4.90 Å². The van der Waals surface area contributed by atoms with Crippen molar-refractivity contribution in [1.82, 2.24) is 9.88 Å². The molecule has 0 unspecified atom stereocenters. The molecule has 6 nitrogen and oxygen atoms in total. The van der Waals surface area contributed by atoms with E-state index in [4.69, 9.17) is 10.4 Å². The van der Waals surface area contributed by atoms with Crippen LogP contribution in [0.1, 0.15) is 5.56 Å². The molecule has 1 saturated heterocycles. The number of likely N-dealkylation sites (N-methyl/N-ethyl adjacent to an activating group) is 1. The van der Waals surface area contributed by atoms with Crippen molar-refractivity contribution in [2.24, 2.45) is 0 Å². The molecule has 0 bridgehead atoms. The van der Waals surface area contributed by atoms with E-state index >= 15 is 0 Å². The third kappa shape index (κ3) is 2.13. The van der Waals surface area contributed by atoms with Gasteiger partial charge in [0.05, 0.1) is 11.6 Å². The molecule has 1 aromatic heterocycles. The molecule has 0 spiro atoms. The summed E-state index contributed by atoms with van der Waals surface area (Å²) in [6.07, 6.45) is 0.627. The summed E-state index contributed by atoms with van der Waals surface area (Å²) in [5, 5.41) is 17.4. The first-order chi connectivity index (χ1) is 8.11. The first-order valence-corrected chi connectivity index (χ1v) is 5.18. The zero-order chi connectivity index (χ0) is 12.4. The first-order valence-electron chi connectivity index (χ1n) is 5.18. The van der Waals surface area contributed by atoms with Crippen LogP contribution in [-0.2, 0) is 0 Å². The highest BCUT2D eigenvalue weighted by Crippen LogP contribution is 2.19. The Labute approximate surface area is 98.7 Å². The van der Waals surface area contributed by atoms with Crippen LogP contribution in [0.4, 0.5) is 10.6 Å². The number of pyridine rings is 1. The van der Waals surface area contributed by atoms with Gasteiger partial charge in [-0.1, -0.05) is 0 Å². The van der Waals surface area contributed by atoms with E-state index in [-0.39, 0.29) is 6.04 Å². The second-order valence-electron chi connectivity index (χ2n) is 3.97. The van der Waals surface area contributed by atoms with Crippen LogP contribution in [0.3, 0.4) is 0 Å². The van der Waals surface area contributed by atoms with Gasteiger partial charge in [-0.2, -0.15) is 5.26 Å². The number of aromatic nitrogens is 1. The predicted octanol–water partition coefficient (Wildman–Crippen LogP) is 0.752. The van der Waals surface area contributed by atoms with Gasteiger partial charge >= 0.3 is 6.09 Å². The number of hydrogen-bond acceptors (Lipinski definition) is 4. The third-order valence-electron chi connectivity index (χ3n) is 2.92. The maximum Gasteiger partial charge on any atom is 0.407 e. The topological polar surface area (TPSA) is 80.5 Å². The van der Waals surface area contributed by atoms with Crippen molar-refractivity contribution in [3.63, 3.8) is 0 Å². The molecule has 2 heterocycles. The second-order valence-corrected chi connectivity index (χ2v) is 3.97. The summed E-state index contributed by atoms with van der Waals surface area (Å²) in [6.45, 7) is 0.987. The Bertz CT molecular complexity index is 459. The summed E-state index contributed by atoms with van der Waals surface area (Å²) >= 11 is 0. The lowest BCUT2D eigenvalue weighted by Crippen LogP contribution is -2.60. The van der Waals surface area contributed by atoms with Crippen molar-refractivity contribution < 1.29 is 9.90 Å². The fourth-order valence-electron chi connectivity index (χ4n) is 1.70. The Kier molecular flexibility index (Phi) is 2.83. The fraction of sp³-hybridized carbons (Fsp3) is 0.364. The van der Waals surface area contributed by atoms with Crippen LogP contribution in [0.5, 0.6) is 0 Å². The average Bonchev–Trinajstić information content (AvgIpc) is 2.26. The Morgan fingerprint density at radius 1 is 1.65 bits per heavy atom. The second kappa shape index (κ2) is 4.29. The van der Waals surface area contributed by atoms with Gasteiger partial charge in [-0.15, -0.1) is 0 Å². The minimum atomic E-state index is -0.887. The average molecular weight is 232 g/mol. The number of carbonyl (C=O) groups is 1. The van der Waals surface area contributed by atoms with E-state index in [0.29, 0.717) is 18.7 Å². The van der Waals surface area contributed by atoms with Crippen LogP contribution in [0, 0.1) is 11.3 Å². The number of nitrogens with zero attached hydrogens (tertiary/aromatic N) is 4. The Balaban J connectivity index is 1.99. The minimum absolute atomic E-state index is 0.159. The van der Waals surface area contributed by atoms with Crippen LogP contribution in [0.15, 0.2) is 18.3 Å². The summed E-state index contributed by atoms with van der Waals surface area (Å²) in [7, 11) is 1.87. The van der Waals surface area contributed by atoms with Crippen molar-refractivity contribution in [1.29, 1.82) is 5.26 Å². The molecule has 1 aromatic rings. The summed E-state index contributed by atoms with van der Waals surface area (Å²) < 4.78 is 0. The highest BCUT2D eigenvalue weighted by atomic mass is 16.4. The third-order valence-corrected chi connectivity index (χ3v) is 2.92. The monoisotopic (exact) mass is 232 g/mol. The fourth-order valence-corrected chi connectivity index (χ4v) is 1.70. The van der Waals surface area contributed by atoms with Gasteiger partial charge in [-0.25, -0.2) is 9.78 Å². The maximum atomic E-state index is 10.6. The van der Waals surface area contributed by atoms with Crippen LogP contribution >= 0.6 is 0 Å². The standard InChI is InChI=1S/C11H12N4O2/c1-14(9-6-15(7-9)11(16)17)10-3-2-8(4-12)5-13-10/h2-3,5,9H,6-7H2,1H3,(H,16,17). The van der Waals surface area contributed by atoms with E-state index in [0.717, 1.165) is 5.82 Å². The number of nitriles is 1. The van der Waals surface area contributed by atoms with Gasteiger partial charge in [0.15, 0.2) is 0 Å². The number of rotatable bonds is 2. The number of anilines is 1. The van der Waals surface area contributed by atoms with Gasteiger partial charge in [0.1, 0.15) is 11.9 Å². The van der Waals surface area contributed by atoms with E-state index in [1.54, 1.807) is 12.1 Å². The van der Waals surface area contributed by atoms with Crippen molar-refractivity contribution in [3.05, 3.63) is 23.9 Å². The van der Waals surface area contributed by atoms with Crippen molar-refractivity contribution >= 4 is 11.9 Å². The highest BCUT2D eigenvalue weighted by molar-refractivity contribution is 5.66. The molecule has 2 rings (SSSR count). The molecule has 88 valence electrons. The van der Waals surface area contributed by atoms with Crippen molar-refractivity contribution in [3.8, 4) is 6.07 Å². The van der Waals surface area contributed by atoms with Crippen molar-refractivity contribution in [2.45, 2.75) is 6.04 Å². The van der Waals surface area contributed by atoms with Gasteiger partial charge in [0, 0.05) is 26.3 Å². The molecule has 1 aliphatic heterocycles. The van der Waals surface area contributed by atoms with E-state index in [1.807, 2.05) is 18.0 Å². The molecule has 0 aromatic carbocycles. The van der Waals surface area contributed by atoms with E-state index in [2.05, 4.69) is 4.98 Å². The molecule has 1 fully saturated rings. The van der Waals surface area contributed by atoms with Crippen molar-refractivity contribution in [2.75, 3.05) is 25.0 Å². The summed E-state index contributed by atoms with van der Waals surface area (Å²) in [5.74, 6) is 0.749. The van der Waals surface area contributed by atoms with Gasteiger partial charge < -0.3 is 14.9 Å². The summed E-state index contributed by atoms with van der Waals surface area (Å²) in [6, 6.07) is 5.63. The van der Waals surface area contributed by atoms with Gasteiger partial charge in [0.25, 0.3) is 0 Å². The largest absolute Gasteiger partial charge is 0.465 e. The van der Waals surface area contributed by atoms with Gasteiger partial charge in [0.2, 0.25) is 0 Å². The van der Waals surface area contributed by atoms with Crippen LogP contribution in [0.2, 0.25) is 0 Å². The quantitative estimate of drug-likeness (QED) is 0.813. The highest BCUT2D eigenvalue weighted by Gasteiger charge is 2.33. The Morgan fingerprint density at radius 3 is 2.82 bits per heavy atom. The number of amides is 1. The predicted molar refractivity (Wildman–Crippen MR) is 60.7 cm³/mol. The first kappa shape index (κ1) is 11.2. The molecule has 1 N–H and O–H groups in total. The number of likely N-dealkylation sites (tertiary alicyclic amines) is 1. The SMILES string of the molecule is CN(c1ccc(C#N)cn1)C1CN(C(=O)O)C1. The van der Waals surface area contributed by atoms with Crippen LogP contribution in [0.25, 0.3) is 0 Å². The minimum Gasteiger partial charge on any atom is -0.465 e. The van der Waals surface area contributed by atoms with E-state index in [1.165, 1.54) is 11.1 Å². The Hall–Kier alpha value is -2.29. The zero-order valence-electron chi connectivity index (χ0n) is 9.37. The summed E-state index contributed by atoms with van der Waals surface area (Å²) in [4.78, 5) is 18.1. The molecule has 0 aliphatic carbocycles. The molecule has 0 saturated carbocycles.